The first-order valence-electron chi connectivity index (χ1n) is 4.32. The number of nitrogens with zero attached hydrogens (tertiary/aromatic N) is 2. The average molecular weight is 279 g/mol. The molecule has 0 aliphatic carbocycles. The molecule has 0 aliphatic rings. The molecule has 17 heavy (non-hydrogen) atoms. The summed E-state index contributed by atoms with van der Waals surface area (Å²) in [6.07, 6.45) is 0. The van der Waals surface area contributed by atoms with E-state index in [9.17, 15) is 0 Å². The van der Waals surface area contributed by atoms with Crippen LogP contribution in [-0.4, -0.2) is 11.9 Å². The van der Waals surface area contributed by atoms with Gasteiger partial charge in [0.05, 0.1) is 6.54 Å². The fourth-order valence-electron chi connectivity index (χ4n) is 0.963. The van der Waals surface area contributed by atoms with Crippen molar-refractivity contribution < 1.29 is 0 Å². The first-order chi connectivity index (χ1) is 7.08. The molecular weight excluding hydrogens is 263 g/mol. The van der Waals surface area contributed by atoms with Gasteiger partial charge in [0.15, 0.2) is 5.96 Å². The van der Waals surface area contributed by atoms with Crippen LogP contribution in [0.2, 0.25) is 0 Å². The number of halogens is 2. The molecule has 0 amide bonds. The lowest BCUT2D eigenvalue weighted by Crippen LogP contribution is -2.26. The number of benzene rings is 1. The maximum absolute atomic E-state index is 5.53. The zero-order valence-electron chi connectivity index (χ0n) is 9.04. The topological polar surface area (TPSA) is 129 Å². The summed E-state index contributed by atoms with van der Waals surface area (Å²) >= 11 is 0. The zero-order chi connectivity index (χ0) is 11.3. The number of hydrogen-bond acceptors (Lipinski definition) is 2. The minimum Gasteiger partial charge on any atom is -0.399 e. The van der Waals surface area contributed by atoms with Crippen LogP contribution in [0.3, 0.4) is 0 Å². The molecular formula is C9H16Cl2N6. The summed E-state index contributed by atoms with van der Waals surface area (Å²) in [5, 5.41) is 0. The Morgan fingerprint density at radius 1 is 1.00 bits per heavy atom. The van der Waals surface area contributed by atoms with Crippen molar-refractivity contribution in [2.75, 3.05) is 5.73 Å². The fourth-order valence-corrected chi connectivity index (χ4v) is 0.963. The predicted molar refractivity (Wildman–Crippen MR) is 76.5 cm³/mol. The van der Waals surface area contributed by atoms with E-state index in [-0.39, 0.29) is 36.7 Å². The summed E-state index contributed by atoms with van der Waals surface area (Å²) in [4.78, 5) is 7.56. The Hall–Kier alpha value is -1.66. The Labute approximate surface area is 112 Å². The molecule has 0 unspecified atom stereocenters. The smallest absolute Gasteiger partial charge is 0.218 e. The van der Waals surface area contributed by atoms with Crippen molar-refractivity contribution in [2.24, 2.45) is 27.2 Å². The summed E-state index contributed by atoms with van der Waals surface area (Å²) in [5.41, 5.74) is 22.9. The second-order valence-corrected chi connectivity index (χ2v) is 2.95. The fraction of sp³-hybridized carbons (Fsp3) is 0.111. The minimum absolute atomic E-state index is 0. The number of aliphatic imine (C=N–C) groups is 2. The highest BCUT2D eigenvalue weighted by Crippen LogP contribution is 2.06. The lowest BCUT2D eigenvalue weighted by Gasteiger charge is -1.98. The quantitative estimate of drug-likeness (QED) is 0.350. The van der Waals surface area contributed by atoms with Gasteiger partial charge in [-0.1, -0.05) is 12.1 Å². The minimum atomic E-state index is -0.103. The molecule has 0 aliphatic heterocycles. The third-order valence-electron chi connectivity index (χ3n) is 1.65. The Morgan fingerprint density at radius 3 is 2.00 bits per heavy atom. The second kappa shape index (κ2) is 8.49. The molecule has 96 valence electrons. The molecule has 1 rings (SSSR count). The van der Waals surface area contributed by atoms with Gasteiger partial charge in [-0.15, -0.1) is 24.8 Å². The highest BCUT2D eigenvalue weighted by atomic mass is 35.5. The van der Waals surface area contributed by atoms with Crippen molar-refractivity contribution in [3.63, 3.8) is 0 Å². The normalized spacial score (nSPS) is 9.76. The predicted octanol–water partition coefficient (Wildman–Crippen LogP) is 0.200. The third-order valence-corrected chi connectivity index (χ3v) is 1.65. The molecule has 0 aromatic heterocycles. The summed E-state index contributed by atoms with van der Waals surface area (Å²) in [5.74, 6) is -0.0413. The van der Waals surface area contributed by atoms with Gasteiger partial charge in [0, 0.05) is 5.69 Å². The van der Waals surface area contributed by atoms with Crippen molar-refractivity contribution in [1.29, 1.82) is 0 Å². The van der Waals surface area contributed by atoms with E-state index in [1.54, 1.807) is 12.1 Å². The van der Waals surface area contributed by atoms with E-state index in [0.717, 1.165) is 5.56 Å². The van der Waals surface area contributed by atoms with Crippen LogP contribution in [-0.2, 0) is 6.54 Å². The number of hydrogen-bond donors (Lipinski definition) is 4. The average Bonchev–Trinajstić information content (AvgIpc) is 2.16. The monoisotopic (exact) mass is 278 g/mol. The maximum Gasteiger partial charge on any atom is 0.218 e. The van der Waals surface area contributed by atoms with Crippen LogP contribution < -0.4 is 22.9 Å². The Kier molecular flexibility index (Phi) is 8.85. The Balaban J connectivity index is 0. The molecule has 6 nitrogen and oxygen atoms in total. The molecule has 8 heteroatoms. The van der Waals surface area contributed by atoms with Gasteiger partial charge >= 0.3 is 0 Å². The molecule has 1 aromatic carbocycles. The van der Waals surface area contributed by atoms with Crippen LogP contribution >= 0.6 is 24.8 Å². The van der Waals surface area contributed by atoms with Crippen molar-refractivity contribution in [3.8, 4) is 0 Å². The molecule has 0 fully saturated rings. The van der Waals surface area contributed by atoms with E-state index in [2.05, 4.69) is 9.98 Å². The number of guanidine groups is 2. The van der Waals surface area contributed by atoms with E-state index in [4.69, 9.17) is 22.9 Å². The van der Waals surface area contributed by atoms with Crippen LogP contribution in [0.4, 0.5) is 5.69 Å². The van der Waals surface area contributed by atoms with E-state index in [1.807, 2.05) is 12.1 Å². The molecule has 0 radical (unpaired) electrons. The van der Waals surface area contributed by atoms with Gasteiger partial charge in [-0.05, 0) is 17.7 Å². The van der Waals surface area contributed by atoms with Crippen molar-refractivity contribution >= 4 is 42.4 Å². The Bertz CT molecular complexity index is 383. The summed E-state index contributed by atoms with van der Waals surface area (Å²) in [6.45, 7) is 0.420. The van der Waals surface area contributed by atoms with Crippen molar-refractivity contribution in [2.45, 2.75) is 6.54 Å². The molecule has 0 saturated carbocycles. The Morgan fingerprint density at radius 2 is 1.53 bits per heavy atom. The highest BCUT2D eigenvalue weighted by molar-refractivity contribution is 5.92. The van der Waals surface area contributed by atoms with Gasteiger partial charge in [-0.25, -0.2) is 4.99 Å². The van der Waals surface area contributed by atoms with Crippen LogP contribution in [0.15, 0.2) is 34.3 Å². The van der Waals surface area contributed by atoms with E-state index in [1.165, 1.54) is 0 Å². The molecule has 0 bridgehead atoms. The standard InChI is InChI=1S/C9H14N6.2ClH/c10-7-3-1-6(2-4-7)5-14-9(13)15-8(11)12;;/h1-4H,5,10H2,(H6,11,12,13,14,15);2*1H. The number of rotatable bonds is 2. The van der Waals surface area contributed by atoms with Crippen molar-refractivity contribution in [1.82, 2.24) is 0 Å². The molecule has 0 atom stereocenters. The largest absolute Gasteiger partial charge is 0.399 e. The number of anilines is 1. The van der Waals surface area contributed by atoms with Gasteiger partial charge in [0.1, 0.15) is 0 Å². The van der Waals surface area contributed by atoms with Crippen LogP contribution in [0.5, 0.6) is 0 Å². The van der Waals surface area contributed by atoms with Gasteiger partial charge in [-0.2, -0.15) is 4.99 Å². The first-order valence-corrected chi connectivity index (χ1v) is 4.32. The van der Waals surface area contributed by atoms with Crippen LogP contribution in [0.25, 0.3) is 0 Å². The van der Waals surface area contributed by atoms with E-state index in [0.29, 0.717) is 12.2 Å². The van der Waals surface area contributed by atoms with Crippen LogP contribution in [0, 0.1) is 0 Å². The second-order valence-electron chi connectivity index (χ2n) is 2.95. The summed E-state index contributed by atoms with van der Waals surface area (Å²) in [7, 11) is 0. The third kappa shape index (κ3) is 7.26. The molecule has 0 saturated heterocycles. The lowest BCUT2D eigenvalue weighted by molar-refractivity contribution is 1.05. The first kappa shape index (κ1) is 17.7. The van der Waals surface area contributed by atoms with E-state index < -0.39 is 0 Å². The van der Waals surface area contributed by atoms with Gasteiger partial charge < -0.3 is 22.9 Å². The molecule has 1 aromatic rings. The zero-order valence-corrected chi connectivity index (χ0v) is 10.7. The van der Waals surface area contributed by atoms with Crippen molar-refractivity contribution in [3.05, 3.63) is 29.8 Å². The SMILES string of the molecule is Cl.Cl.NC(N)=NC(N)=NCc1ccc(N)cc1. The summed E-state index contributed by atoms with van der Waals surface area (Å²) < 4.78 is 0. The van der Waals surface area contributed by atoms with E-state index >= 15 is 0 Å². The van der Waals surface area contributed by atoms with Gasteiger partial charge in [0.25, 0.3) is 0 Å². The lowest BCUT2D eigenvalue weighted by atomic mass is 10.2. The summed E-state index contributed by atoms with van der Waals surface area (Å²) in [6, 6.07) is 7.31. The van der Waals surface area contributed by atoms with Gasteiger partial charge in [0.2, 0.25) is 5.96 Å². The number of nitrogens with two attached hydrogens (primary N) is 4. The molecule has 8 N–H and O–H groups in total. The highest BCUT2D eigenvalue weighted by Gasteiger charge is 1.92. The molecule has 0 spiro atoms. The number of nitrogen functional groups attached to an aromatic ring is 1. The van der Waals surface area contributed by atoms with Crippen LogP contribution in [0.1, 0.15) is 5.56 Å². The molecule has 0 heterocycles. The maximum atomic E-state index is 5.53. The van der Waals surface area contributed by atoms with Gasteiger partial charge in [-0.3, -0.25) is 0 Å².